The van der Waals surface area contributed by atoms with Gasteiger partial charge in [0.1, 0.15) is 0 Å². The van der Waals surface area contributed by atoms with E-state index in [1.807, 2.05) is 20.8 Å². The zero-order chi connectivity index (χ0) is 12.5. The van der Waals surface area contributed by atoms with Crippen LogP contribution in [0, 0.1) is 34.6 Å². The maximum absolute atomic E-state index is 12.0. The molecule has 5 nitrogen and oxygen atoms in total. The SMILES string of the molecule is CCNC(=O)c1c(C)c(C)c(C)c(C)c1C.O.O.[NH2-].[Zr]. The van der Waals surface area contributed by atoms with E-state index in [1.165, 1.54) is 16.7 Å². The normalized spacial score (nSPS) is 8.30. The molecule has 0 aliphatic rings. The van der Waals surface area contributed by atoms with Crippen LogP contribution in [0.1, 0.15) is 45.1 Å². The van der Waals surface area contributed by atoms with E-state index in [4.69, 9.17) is 0 Å². The van der Waals surface area contributed by atoms with Crippen LogP contribution in [-0.2, 0) is 26.2 Å². The number of rotatable bonds is 2. The minimum absolute atomic E-state index is 0. The molecule has 6 heteroatoms. The maximum atomic E-state index is 12.0. The van der Waals surface area contributed by atoms with Gasteiger partial charge in [0.25, 0.3) is 5.91 Å². The number of benzene rings is 1. The number of carbonyl (C=O) groups excluding carboxylic acids is 1. The average molecular weight is 363 g/mol. The van der Waals surface area contributed by atoms with Crippen LogP contribution in [0.3, 0.4) is 0 Å². The fourth-order valence-corrected chi connectivity index (χ4v) is 2.09. The second kappa shape index (κ2) is 11.1. The summed E-state index contributed by atoms with van der Waals surface area (Å²) < 4.78 is 0. The number of hydrogen-bond donors (Lipinski definition) is 1. The summed E-state index contributed by atoms with van der Waals surface area (Å²) in [5, 5.41) is 2.88. The van der Waals surface area contributed by atoms with Crippen molar-refractivity contribution >= 4 is 5.91 Å². The molecule has 0 saturated carbocycles. The van der Waals surface area contributed by atoms with E-state index in [-0.39, 0.29) is 49.2 Å². The monoisotopic (exact) mass is 361 g/mol. The number of carbonyl (C=O) groups is 1. The third-order valence-corrected chi connectivity index (χ3v) is 3.56. The minimum atomic E-state index is 0. The first-order chi connectivity index (χ1) is 7.41. The summed E-state index contributed by atoms with van der Waals surface area (Å²) in [6.45, 7) is 12.9. The molecule has 1 rings (SSSR count). The summed E-state index contributed by atoms with van der Waals surface area (Å²) in [7, 11) is 0. The standard InChI is InChI=1S/C14H21NO.H2N.2H2O.Zr/c1-7-15-14(16)13-11(5)9(3)8(2)10(4)12(13)6;;;;/h7H2,1-6H3,(H,15,16);3*1H2;/q;-1;;;. The summed E-state index contributed by atoms with van der Waals surface area (Å²) in [5.74, 6) is 0.0451. The Labute approximate surface area is 140 Å². The van der Waals surface area contributed by atoms with Gasteiger partial charge in [0, 0.05) is 38.3 Å². The van der Waals surface area contributed by atoms with Crippen molar-refractivity contribution in [1.29, 1.82) is 0 Å². The first-order valence-corrected chi connectivity index (χ1v) is 5.76. The molecule has 0 saturated heterocycles. The van der Waals surface area contributed by atoms with Crippen LogP contribution in [0.15, 0.2) is 0 Å². The molecule has 0 spiro atoms. The molecule has 20 heavy (non-hydrogen) atoms. The average Bonchev–Trinajstić information content (AvgIpc) is 2.24. The van der Waals surface area contributed by atoms with Gasteiger partial charge in [0.15, 0.2) is 0 Å². The first-order valence-electron chi connectivity index (χ1n) is 5.76. The first kappa shape index (κ1) is 27.7. The quantitative estimate of drug-likeness (QED) is 0.849. The molecule has 7 N–H and O–H groups in total. The largest absolute Gasteiger partial charge is 0.693 e. The van der Waals surface area contributed by atoms with Crippen molar-refractivity contribution in [3.63, 3.8) is 0 Å². The third kappa shape index (κ3) is 5.09. The molecular weight excluding hydrogens is 335 g/mol. The van der Waals surface area contributed by atoms with Crippen LogP contribution >= 0.6 is 0 Å². The molecule has 0 aliphatic heterocycles. The Hall–Kier alpha value is -0.547. The Morgan fingerprint density at radius 3 is 1.45 bits per heavy atom. The van der Waals surface area contributed by atoms with Crippen LogP contribution < -0.4 is 5.32 Å². The fourth-order valence-electron chi connectivity index (χ4n) is 2.09. The van der Waals surface area contributed by atoms with Gasteiger partial charge in [-0.3, -0.25) is 4.79 Å². The molecule has 0 aromatic heterocycles. The topological polar surface area (TPSA) is 126 Å². The summed E-state index contributed by atoms with van der Waals surface area (Å²) in [6, 6.07) is 0. The van der Waals surface area contributed by atoms with E-state index in [0.29, 0.717) is 6.54 Å². The Balaban J connectivity index is -0.000000320. The third-order valence-electron chi connectivity index (χ3n) is 3.56. The Morgan fingerprint density at radius 1 is 0.850 bits per heavy atom. The van der Waals surface area contributed by atoms with E-state index >= 15 is 0 Å². The summed E-state index contributed by atoms with van der Waals surface area (Å²) in [5.41, 5.74) is 6.80. The minimum Gasteiger partial charge on any atom is -0.693 e. The molecule has 116 valence electrons. The van der Waals surface area contributed by atoms with Crippen molar-refractivity contribution in [3.8, 4) is 0 Å². The molecule has 0 bridgehead atoms. The second-order valence-corrected chi connectivity index (χ2v) is 4.36. The van der Waals surface area contributed by atoms with E-state index in [2.05, 4.69) is 26.1 Å². The van der Waals surface area contributed by atoms with Crippen LogP contribution in [0.2, 0.25) is 0 Å². The van der Waals surface area contributed by atoms with Gasteiger partial charge in [0.2, 0.25) is 0 Å². The predicted octanol–water partition coefficient (Wildman–Crippen LogP) is 2.04. The Morgan fingerprint density at radius 2 is 1.15 bits per heavy atom. The number of amides is 1. The molecule has 1 aromatic carbocycles. The van der Waals surface area contributed by atoms with Gasteiger partial charge in [0.05, 0.1) is 0 Å². The molecule has 0 heterocycles. The number of nitrogens with one attached hydrogen (secondary N) is 1. The summed E-state index contributed by atoms with van der Waals surface area (Å²) in [6.07, 6.45) is 0. The van der Waals surface area contributed by atoms with Crippen molar-refractivity contribution in [2.75, 3.05) is 6.54 Å². The van der Waals surface area contributed by atoms with Crippen LogP contribution in [0.4, 0.5) is 0 Å². The molecule has 0 aliphatic carbocycles. The van der Waals surface area contributed by atoms with Gasteiger partial charge < -0.3 is 22.4 Å². The predicted molar refractivity (Wildman–Crippen MR) is 80.6 cm³/mol. The van der Waals surface area contributed by atoms with Crippen molar-refractivity contribution in [3.05, 3.63) is 39.5 Å². The summed E-state index contributed by atoms with van der Waals surface area (Å²) >= 11 is 0. The fraction of sp³-hybridized carbons (Fsp3) is 0.500. The Bertz CT molecular complexity index is 420. The second-order valence-electron chi connectivity index (χ2n) is 4.36. The molecular formula is C14H27N2O3Zr-. The molecule has 0 unspecified atom stereocenters. The van der Waals surface area contributed by atoms with Crippen molar-refractivity contribution in [1.82, 2.24) is 5.32 Å². The van der Waals surface area contributed by atoms with E-state index in [9.17, 15) is 4.79 Å². The zero-order valence-electron chi connectivity index (χ0n) is 13.2. The van der Waals surface area contributed by atoms with Crippen molar-refractivity contribution in [2.45, 2.75) is 41.5 Å². The van der Waals surface area contributed by atoms with Gasteiger partial charge in [-0.05, 0) is 69.4 Å². The number of nitrogens with two attached hydrogens (primary N) is 1. The molecule has 1 amide bonds. The van der Waals surface area contributed by atoms with Gasteiger partial charge in [-0.2, -0.15) is 0 Å². The molecule has 1 aromatic rings. The molecule has 0 fully saturated rings. The van der Waals surface area contributed by atoms with Gasteiger partial charge >= 0.3 is 0 Å². The smallest absolute Gasteiger partial charge is 0.251 e. The van der Waals surface area contributed by atoms with E-state index in [0.717, 1.165) is 16.7 Å². The number of hydrogen-bond acceptors (Lipinski definition) is 1. The van der Waals surface area contributed by atoms with Crippen LogP contribution in [-0.4, -0.2) is 23.4 Å². The van der Waals surface area contributed by atoms with Crippen molar-refractivity contribution < 1.29 is 42.0 Å². The molecule has 0 radical (unpaired) electrons. The van der Waals surface area contributed by atoms with E-state index < -0.39 is 0 Å². The van der Waals surface area contributed by atoms with Gasteiger partial charge in [-0.15, -0.1) is 0 Å². The van der Waals surface area contributed by atoms with Gasteiger partial charge in [-0.1, -0.05) is 0 Å². The van der Waals surface area contributed by atoms with Crippen LogP contribution in [0.25, 0.3) is 6.15 Å². The Kier molecular flexibility index (Phi) is 15.5. The van der Waals surface area contributed by atoms with Gasteiger partial charge in [-0.25, -0.2) is 0 Å². The zero-order valence-corrected chi connectivity index (χ0v) is 15.7. The molecule has 0 atom stereocenters. The summed E-state index contributed by atoms with van der Waals surface area (Å²) in [4.78, 5) is 12.0. The van der Waals surface area contributed by atoms with E-state index in [1.54, 1.807) is 0 Å². The van der Waals surface area contributed by atoms with Crippen LogP contribution in [0.5, 0.6) is 0 Å². The van der Waals surface area contributed by atoms with Crippen molar-refractivity contribution in [2.24, 2.45) is 0 Å². The maximum Gasteiger partial charge on any atom is 0.251 e.